The topological polar surface area (TPSA) is 114 Å². The van der Waals surface area contributed by atoms with Gasteiger partial charge in [0.2, 0.25) is 5.91 Å². The maximum absolute atomic E-state index is 14.1. The third-order valence-corrected chi connectivity index (χ3v) is 9.22. The number of carbonyl (C=O) groups excluding carboxylic acids is 4. The number of amides is 3. The van der Waals surface area contributed by atoms with Crippen LogP contribution in [0.2, 0.25) is 5.02 Å². The number of esters is 1. The molecule has 2 atom stereocenters. The van der Waals surface area contributed by atoms with Crippen LogP contribution in [0.15, 0.2) is 127 Å². The summed E-state index contributed by atoms with van der Waals surface area (Å²) in [4.78, 5) is 54.6. The van der Waals surface area contributed by atoms with Crippen LogP contribution in [0.1, 0.15) is 22.8 Å². The van der Waals surface area contributed by atoms with Crippen molar-refractivity contribution in [1.29, 1.82) is 0 Å². The largest absolute Gasteiger partial charge is 0.448 e. The lowest BCUT2D eigenvalue weighted by Gasteiger charge is -2.49. The number of carbonyl (C=O) groups is 4. The van der Waals surface area contributed by atoms with Gasteiger partial charge in [0.15, 0.2) is 6.10 Å². The van der Waals surface area contributed by atoms with Crippen LogP contribution in [-0.4, -0.2) is 52.6 Å². The molecule has 0 aliphatic carbocycles. The standard InChI is InChI=1S/C36H30ClN3O6S/c37-27-17-10-18-28(20-27)38-36(44)45-21-26-22-47-34-30(39-29(41)19-23-11-4-1-5-12-23)33(42)40(34)31(26)35(43)46-32(24-13-6-2-7-14-24)25-15-8-3-9-16-25/h1-18,20,30,32,34H,19,21-22H2,(H,38,44)(H,39,41)/t30?,34-/m0/s1. The van der Waals surface area contributed by atoms with E-state index in [4.69, 9.17) is 21.1 Å². The fourth-order valence-corrected chi connectivity index (χ4v) is 6.93. The Kier molecular flexibility index (Phi) is 9.89. The molecule has 2 N–H and O–H groups in total. The van der Waals surface area contributed by atoms with Crippen molar-refractivity contribution in [2.75, 3.05) is 17.7 Å². The van der Waals surface area contributed by atoms with Gasteiger partial charge in [-0.15, -0.1) is 11.8 Å². The second-order valence-electron chi connectivity index (χ2n) is 10.9. The maximum atomic E-state index is 14.1. The Labute approximate surface area is 280 Å². The highest BCUT2D eigenvalue weighted by atomic mass is 35.5. The molecule has 1 fully saturated rings. The lowest BCUT2D eigenvalue weighted by atomic mass is 10.0. The fraction of sp³-hybridized carbons (Fsp3) is 0.167. The summed E-state index contributed by atoms with van der Waals surface area (Å²) >= 11 is 7.39. The quantitative estimate of drug-likeness (QED) is 0.155. The van der Waals surface area contributed by atoms with Gasteiger partial charge < -0.3 is 14.8 Å². The van der Waals surface area contributed by atoms with Crippen LogP contribution in [-0.2, 0) is 30.3 Å². The molecule has 47 heavy (non-hydrogen) atoms. The SMILES string of the molecule is O=C(Cc1ccccc1)NC1C(=O)N2C(C(=O)OC(c3ccccc3)c3ccccc3)=C(COC(=O)Nc3cccc(Cl)c3)CS[C@@H]12. The smallest absolute Gasteiger partial charge is 0.411 e. The van der Waals surface area contributed by atoms with Gasteiger partial charge in [0.25, 0.3) is 5.91 Å². The Bertz CT molecular complexity index is 1770. The summed E-state index contributed by atoms with van der Waals surface area (Å²) in [5.41, 5.74) is 3.15. The first-order valence-corrected chi connectivity index (χ1v) is 16.3. The van der Waals surface area contributed by atoms with Crippen molar-refractivity contribution in [3.05, 3.63) is 148 Å². The molecule has 3 amide bonds. The number of anilines is 1. The van der Waals surface area contributed by atoms with Crippen molar-refractivity contribution in [1.82, 2.24) is 10.2 Å². The zero-order chi connectivity index (χ0) is 32.8. The first-order chi connectivity index (χ1) is 22.9. The number of thioether (sulfide) groups is 1. The molecule has 0 spiro atoms. The van der Waals surface area contributed by atoms with Crippen LogP contribution in [0.25, 0.3) is 0 Å². The summed E-state index contributed by atoms with van der Waals surface area (Å²) in [6.07, 6.45) is -1.41. The second-order valence-corrected chi connectivity index (χ2v) is 12.4. The second kappa shape index (κ2) is 14.6. The van der Waals surface area contributed by atoms with Gasteiger partial charge >= 0.3 is 12.1 Å². The number of ether oxygens (including phenoxy) is 2. The van der Waals surface area contributed by atoms with E-state index in [-0.39, 0.29) is 30.4 Å². The predicted molar refractivity (Wildman–Crippen MR) is 179 cm³/mol. The minimum absolute atomic E-state index is 0.000254. The number of hydrogen-bond donors (Lipinski definition) is 2. The molecular weight excluding hydrogens is 638 g/mol. The minimum Gasteiger partial charge on any atom is -0.448 e. The molecule has 2 aliphatic heterocycles. The third-order valence-electron chi connectivity index (χ3n) is 7.64. The van der Waals surface area contributed by atoms with Crippen molar-refractivity contribution >= 4 is 52.9 Å². The third kappa shape index (κ3) is 7.51. The Balaban J connectivity index is 1.24. The molecule has 1 unspecified atom stereocenters. The molecule has 9 nitrogen and oxygen atoms in total. The Morgan fingerprint density at radius 3 is 2.15 bits per heavy atom. The van der Waals surface area contributed by atoms with Crippen molar-refractivity contribution in [3.63, 3.8) is 0 Å². The van der Waals surface area contributed by atoms with Crippen LogP contribution >= 0.6 is 23.4 Å². The monoisotopic (exact) mass is 667 g/mol. The summed E-state index contributed by atoms with van der Waals surface area (Å²) in [5, 5.41) is 5.35. The van der Waals surface area contributed by atoms with Gasteiger partial charge in [-0.05, 0) is 34.9 Å². The van der Waals surface area contributed by atoms with Crippen LogP contribution in [0, 0.1) is 0 Å². The first-order valence-electron chi connectivity index (χ1n) is 14.9. The Morgan fingerprint density at radius 2 is 1.51 bits per heavy atom. The molecule has 11 heteroatoms. The van der Waals surface area contributed by atoms with E-state index in [2.05, 4.69) is 10.6 Å². The van der Waals surface area contributed by atoms with Gasteiger partial charge in [-0.1, -0.05) is 109 Å². The van der Waals surface area contributed by atoms with Crippen LogP contribution in [0.5, 0.6) is 0 Å². The maximum Gasteiger partial charge on any atom is 0.411 e. The van der Waals surface area contributed by atoms with E-state index in [0.29, 0.717) is 16.3 Å². The van der Waals surface area contributed by atoms with E-state index < -0.39 is 35.5 Å². The van der Waals surface area contributed by atoms with Gasteiger partial charge in [0, 0.05) is 22.0 Å². The molecule has 2 aliphatic rings. The van der Waals surface area contributed by atoms with E-state index in [1.807, 2.05) is 91.0 Å². The molecule has 4 aromatic carbocycles. The number of hydrogen-bond acceptors (Lipinski definition) is 7. The van der Waals surface area contributed by atoms with Crippen LogP contribution in [0.4, 0.5) is 10.5 Å². The van der Waals surface area contributed by atoms with Gasteiger partial charge in [-0.3, -0.25) is 19.8 Å². The summed E-state index contributed by atoms with van der Waals surface area (Å²) in [6.45, 7) is -0.271. The normalized spacial score (nSPS) is 17.0. The van der Waals surface area contributed by atoms with Crippen molar-refractivity contribution in [2.24, 2.45) is 0 Å². The highest BCUT2D eigenvalue weighted by Gasteiger charge is 2.54. The van der Waals surface area contributed by atoms with Gasteiger partial charge in [-0.25, -0.2) is 9.59 Å². The summed E-state index contributed by atoms with van der Waals surface area (Å²) in [5.74, 6) is -1.24. The summed E-state index contributed by atoms with van der Waals surface area (Å²) in [7, 11) is 0. The predicted octanol–water partition coefficient (Wildman–Crippen LogP) is 6.12. The van der Waals surface area contributed by atoms with Crippen molar-refractivity contribution < 1.29 is 28.7 Å². The number of benzene rings is 4. The lowest BCUT2D eigenvalue weighted by Crippen LogP contribution is -2.70. The van der Waals surface area contributed by atoms with Crippen LogP contribution < -0.4 is 10.6 Å². The fourth-order valence-electron chi connectivity index (χ4n) is 5.41. The Morgan fingerprint density at radius 1 is 0.872 bits per heavy atom. The molecule has 0 saturated carbocycles. The average molecular weight is 668 g/mol. The molecule has 0 radical (unpaired) electrons. The van der Waals surface area contributed by atoms with Crippen LogP contribution in [0.3, 0.4) is 0 Å². The van der Waals surface area contributed by atoms with E-state index >= 15 is 0 Å². The number of halogens is 1. The van der Waals surface area contributed by atoms with Crippen molar-refractivity contribution in [2.45, 2.75) is 23.9 Å². The molecule has 0 bridgehead atoms. The number of nitrogens with zero attached hydrogens (tertiary/aromatic N) is 1. The van der Waals surface area contributed by atoms with E-state index in [1.54, 1.807) is 24.3 Å². The van der Waals surface area contributed by atoms with Gasteiger partial charge in [0.05, 0.1) is 6.42 Å². The number of rotatable bonds is 10. The minimum atomic E-state index is -0.827. The van der Waals surface area contributed by atoms with Gasteiger partial charge in [-0.2, -0.15) is 0 Å². The zero-order valence-electron chi connectivity index (χ0n) is 25.0. The average Bonchev–Trinajstić information content (AvgIpc) is 3.09. The highest BCUT2D eigenvalue weighted by Crippen LogP contribution is 2.41. The molecule has 1 saturated heterocycles. The lowest BCUT2D eigenvalue weighted by molar-refractivity contribution is -0.154. The highest BCUT2D eigenvalue weighted by molar-refractivity contribution is 8.00. The molecule has 0 aromatic heterocycles. The molecule has 4 aromatic rings. The van der Waals surface area contributed by atoms with Crippen molar-refractivity contribution in [3.8, 4) is 0 Å². The zero-order valence-corrected chi connectivity index (χ0v) is 26.6. The number of fused-ring (bicyclic) bond motifs is 1. The molecular formula is C36H30ClN3O6S. The number of nitrogens with one attached hydrogen (secondary N) is 2. The van der Waals surface area contributed by atoms with E-state index in [9.17, 15) is 19.2 Å². The summed E-state index contributed by atoms with van der Waals surface area (Å²) in [6, 6.07) is 33.6. The number of β-lactam (4-membered cyclic amide) rings is 1. The molecule has 238 valence electrons. The first kappa shape index (κ1) is 31.9. The molecule has 6 rings (SSSR count). The van der Waals surface area contributed by atoms with E-state index in [1.165, 1.54) is 16.7 Å². The Hall–Kier alpha value is -5.06. The van der Waals surface area contributed by atoms with E-state index in [0.717, 1.165) is 16.7 Å². The van der Waals surface area contributed by atoms with Gasteiger partial charge in [0.1, 0.15) is 23.7 Å². The summed E-state index contributed by atoms with van der Waals surface area (Å²) < 4.78 is 11.6. The molecule has 2 heterocycles.